The average Bonchev–Trinajstić information content (AvgIpc) is 2.98. The number of ether oxygens (including phenoxy) is 3. The lowest BCUT2D eigenvalue weighted by Crippen LogP contribution is -2.05. The molecule has 1 aliphatic rings. The van der Waals surface area contributed by atoms with Crippen LogP contribution in [0, 0.1) is 6.92 Å². The van der Waals surface area contributed by atoms with Gasteiger partial charge in [0, 0.05) is 10.6 Å². The van der Waals surface area contributed by atoms with Crippen molar-refractivity contribution in [3.05, 3.63) is 63.8 Å². The van der Waals surface area contributed by atoms with E-state index in [9.17, 15) is 4.79 Å². The first kappa shape index (κ1) is 18.0. The largest absolute Gasteiger partial charge is 0.493 e. The first-order valence-electron chi connectivity index (χ1n) is 8.11. The van der Waals surface area contributed by atoms with Crippen LogP contribution in [-0.4, -0.2) is 25.6 Å². The topological polar surface area (TPSA) is 57.1 Å². The minimum atomic E-state index is -0.509. The molecule has 0 atom stereocenters. The Balaban J connectivity index is 1.93. The molecule has 1 aliphatic heterocycles. The van der Waals surface area contributed by atoms with Gasteiger partial charge in [0.1, 0.15) is 0 Å². The number of benzene rings is 2. The van der Waals surface area contributed by atoms with Gasteiger partial charge >= 0.3 is 5.97 Å². The summed E-state index contributed by atoms with van der Waals surface area (Å²) in [6, 6.07) is 10.8. The molecule has 1 heterocycles. The average molecular weight is 372 g/mol. The summed E-state index contributed by atoms with van der Waals surface area (Å²) >= 11 is 6.13. The zero-order valence-corrected chi connectivity index (χ0v) is 15.5. The molecule has 0 N–H and O–H groups in total. The van der Waals surface area contributed by atoms with Crippen molar-refractivity contribution < 1.29 is 19.0 Å². The molecule has 0 bridgehead atoms. The van der Waals surface area contributed by atoms with E-state index in [1.807, 2.05) is 32.0 Å². The summed E-state index contributed by atoms with van der Waals surface area (Å²) in [5.41, 5.74) is 2.57. The fourth-order valence-electron chi connectivity index (χ4n) is 2.47. The molecule has 134 valence electrons. The van der Waals surface area contributed by atoms with Gasteiger partial charge in [0.05, 0.1) is 13.7 Å². The van der Waals surface area contributed by atoms with Gasteiger partial charge in [-0.3, -0.25) is 0 Å². The Morgan fingerprint density at radius 1 is 1.19 bits per heavy atom. The Bertz CT molecular complexity index is 918. The Labute approximate surface area is 156 Å². The molecule has 26 heavy (non-hydrogen) atoms. The molecule has 2 aromatic rings. The van der Waals surface area contributed by atoms with E-state index >= 15 is 0 Å². The number of cyclic esters (lactones) is 1. The number of carbonyl (C=O) groups excluding carboxylic acids is 1. The number of hydrogen-bond donors (Lipinski definition) is 0. The van der Waals surface area contributed by atoms with Gasteiger partial charge in [-0.1, -0.05) is 23.7 Å². The van der Waals surface area contributed by atoms with E-state index in [1.165, 1.54) is 0 Å². The molecule has 5 nitrogen and oxygen atoms in total. The molecule has 0 radical (unpaired) electrons. The first-order valence-corrected chi connectivity index (χ1v) is 8.49. The van der Waals surface area contributed by atoms with Crippen molar-refractivity contribution in [3.63, 3.8) is 0 Å². The van der Waals surface area contributed by atoms with Crippen molar-refractivity contribution >= 4 is 29.5 Å². The summed E-state index contributed by atoms with van der Waals surface area (Å²) in [4.78, 5) is 16.5. The highest BCUT2D eigenvalue weighted by atomic mass is 35.5. The number of carbonyl (C=O) groups is 1. The maximum atomic E-state index is 12.2. The van der Waals surface area contributed by atoms with E-state index in [4.69, 9.17) is 25.8 Å². The van der Waals surface area contributed by atoms with Gasteiger partial charge in [-0.25, -0.2) is 9.79 Å². The molecule has 0 saturated carbocycles. The molecule has 0 amide bonds. The van der Waals surface area contributed by atoms with Crippen LogP contribution in [0.4, 0.5) is 0 Å². The number of esters is 1. The van der Waals surface area contributed by atoms with Gasteiger partial charge in [-0.15, -0.1) is 0 Å². The fourth-order valence-corrected chi connectivity index (χ4v) is 2.65. The summed E-state index contributed by atoms with van der Waals surface area (Å²) in [6.07, 6.45) is 1.65. The fraction of sp³-hybridized carbons (Fsp3) is 0.200. The van der Waals surface area contributed by atoms with Crippen LogP contribution in [0.25, 0.3) is 6.08 Å². The molecule has 0 saturated heterocycles. The van der Waals surface area contributed by atoms with Crippen molar-refractivity contribution in [2.24, 2.45) is 4.99 Å². The second-order valence-corrected chi connectivity index (χ2v) is 6.05. The number of rotatable bonds is 5. The lowest BCUT2D eigenvalue weighted by molar-refractivity contribution is -0.129. The van der Waals surface area contributed by atoms with Gasteiger partial charge in [-0.05, 0) is 55.3 Å². The molecule has 0 spiro atoms. The van der Waals surface area contributed by atoms with Gasteiger partial charge < -0.3 is 14.2 Å². The van der Waals surface area contributed by atoms with Gasteiger partial charge in [0.15, 0.2) is 17.2 Å². The van der Waals surface area contributed by atoms with Crippen LogP contribution in [-0.2, 0) is 9.53 Å². The van der Waals surface area contributed by atoms with E-state index in [0.717, 1.165) is 11.1 Å². The number of aryl methyl sites for hydroxylation is 1. The number of hydrogen-bond acceptors (Lipinski definition) is 5. The van der Waals surface area contributed by atoms with Crippen molar-refractivity contribution in [1.82, 2.24) is 0 Å². The smallest absolute Gasteiger partial charge is 0.363 e. The zero-order chi connectivity index (χ0) is 18.7. The number of halogens is 1. The van der Waals surface area contributed by atoms with Gasteiger partial charge in [0.25, 0.3) is 0 Å². The van der Waals surface area contributed by atoms with Crippen LogP contribution < -0.4 is 9.47 Å². The Morgan fingerprint density at radius 3 is 2.69 bits per heavy atom. The van der Waals surface area contributed by atoms with E-state index in [0.29, 0.717) is 28.7 Å². The van der Waals surface area contributed by atoms with Crippen molar-refractivity contribution in [1.29, 1.82) is 0 Å². The quantitative estimate of drug-likeness (QED) is 0.577. The van der Waals surface area contributed by atoms with Crippen molar-refractivity contribution in [2.45, 2.75) is 13.8 Å². The number of methoxy groups -OCH3 is 1. The molecular weight excluding hydrogens is 354 g/mol. The Hall–Kier alpha value is -2.79. The van der Waals surface area contributed by atoms with Crippen molar-refractivity contribution in [2.75, 3.05) is 13.7 Å². The minimum absolute atomic E-state index is 0.212. The summed E-state index contributed by atoms with van der Waals surface area (Å²) in [6.45, 7) is 4.30. The number of nitrogens with zero attached hydrogens (tertiary/aromatic N) is 1. The van der Waals surface area contributed by atoms with Crippen LogP contribution in [0.1, 0.15) is 23.6 Å². The van der Waals surface area contributed by atoms with E-state index in [1.54, 1.807) is 31.4 Å². The second kappa shape index (κ2) is 7.62. The van der Waals surface area contributed by atoms with Gasteiger partial charge in [0.2, 0.25) is 5.90 Å². The van der Waals surface area contributed by atoms with Crippen LogP contribution in [0.5, 0.6) is 11.5 Å². The third-order valence-corrected chi connectivity index (χ3v) is 4.24. The van der Waals surface area contributed by atoms with Crippen LogP contribution >= 0.6 is 11.6 Å². The molecule has 0 fully saturated rings. The molecular formula is C20H18ClNO4. The lowest BCUT2D eigenvalue weighted by Gasteiger charge is -2.09. The molecule has 2 aromatic carbocycles. The normalized spacial score (nSPS) is 15.0. The van der Waals surface area contributed by atoms with Crippen LogP contribution in [0.3, 0.4) is 0 Å². The Kier molecular flexibility index (Phi) is 5.28. The number of aliphatic imine (C=N–C) groups is 1. The molecule has 0 aromatic heterocycles. The van der Waals surface area contributed by atoms with Crippen LogP contribution in [0.2, 0.25) is 5.02 Å². The summed E-state index contributed by atoms with van der Waals surface area (Å²) < 4.78 is 16.1. The highest BCUT2D eigenvalue weighted by Crippen LogP contribution is 2.30. The molecule has 3 rings (SSSR count). The molecule has 6 heteroatoms. The maximum Gasteiger partial charge on any atom is 0.363 e. The molecule has 0 unspecified atom stereocenters. The highest BCUT2D eigenvalue weighted by Gasteiger charge is 2.24. The zero-order valence-electron chi connectivity index (χ0n) is 14.7. The minimum Gasteiger partial charge on any atom is -0.493 e. The summed E-state index contributed by atoms with van der Waals surface area (Å²) in [7, 11) is 1.58. The van der Waals surface area contributed by atoms with E-state index in [2.05, 4.69) is 4.99 Å². The predicted molar refractivity (Wildman–Crippen MR) is 101 cm³/mol. The van der Waals surface area contributed by atoms with Crippen LogP contribution in [0.15, 0.2) is 47.1 Å². The third-order valence-electron chi connectivity index (χ3n) is 3.83. The summed E-state index contributed by atoms with van der Waals surface area (Å²) in [5, 5.41) is 0.593. The standard InChI is InChI=1S/C20H18ClNO4/c1-4-25-18-10-13(6-8-17(18)24-3)9-16-20(23)26-19(22-16)14-7-5-12(2)15(21)11-14/h5-11H,4H2,1-3H3/b16-9-. The Morgan fingerprint density at radius 2 is 2.00 bits per heavy atom. The van der Waals surface area contributed by atoms with E-state index < -0.39 is 5.97 Å². The highest BCUT2D eigenvalue weighted by molar-refractivity contribution is 6.31. The maximum absolute atomic E-state index is 12.2. The second-order valence-electron chi connectivity index (χ2n) is 5.64. The monoisotopic (exact) mass is 371 g/mol. The molecule has 0 aliphatic carbocycles. The van der Waals surface area contributed by atoms with E-state index in [-0.39, 0.29) is 11.6 Å². The lowest BCUT2D eigenvalue weighted by atomic mass is 10.1. The first-order chi connectivity index (χ1) is 12.5. The predicted octanol–water partition coefficient (Wildman–Crippen LogP) is 4.40. The SMILES string of the molecule is CCOc1cc(/C=C2\N=C(c3ccc(C)c(Cl)c3)OC2=O)ccc1OC. The van der Waals surface area contributed by atoms with Gasteiger partial charge in [-0.2, -0.15) is 0 Å². The van der Waals surface area contributed by atoms with Crippen molar-refractivity contribution in [3.8, 4) is 11.5 Å². The third kappa shape index (κ3) is 3.73. The summed E-state index contributed by atoms with van der Waals surface area (Å²) in [5.74, 6) is 0.957.